The number of hydrogen-bond acceptors (Lipinski definition) is 2. The molecule has 84 valence electrons. The minimum Gasteiger partial charge on any atom is -0.202 e. The number of hydrogen-bond donors (Lipinski definition) is 2. The first-order valence-corrected chi connectivity index (χ1v) is 6.82. The zero-order chi connectivity index (χ0) is 10.6. The molecule has 14 heavy (non-hydrogen) atoms. The maximum Gasteiger partial charge on any atom is 0.277 e. The Kier molecular flexibility index (Phi) is 4.34. The van der Waals surface area contributed by atoms with Crippen LogP contribution in [-0.4, -0.2) is 21.0 Å². The van der Waals surface area contributed by atoms with Crippen LogP contribution in [-0.2, 0) is 10.2 Å². The Morgan fingerprint density at radius 3 is 2.29 bits per heavy atom. The van der Waals surface area contributed by atoms with Crippen molar-refractivity contribution in [1.29, 1.82) is 0 Å². The maximum absolute atomic E-state index is 11.4. The van der Waals surface area contributed by atoms with Crippen LogP contribution in [0.4, 0.5) is 0 Å². The Labute approximate surface area is 86.6 Å². The van der Waals surface area contributed by atoms with Crippen molar-refractivity contribution in [3.05, 3.63) is 0 Å². The Bertz CT molecular complexity index is 256. The molecule has 0 amide bonds. The lowest BCUT2D eigenvalue weighted by molar-refractivity contribution is 0.475. The van der Waals surface area contributed by atoms with Crippen LogP contribution in [0, 0.1) is 5.92 Å². The molecule has 0 atom stereocenters. The van der Waals surface area contributed by atoms with Gasteiger partial charge in [0.25, 0.3) is 10.2 Å². The lowest BCUT2D eigenvalue weighted by Crippen LogP contribution is -2.40. The van der Waals surface area contributed by atoms with Gasteiger partial charge in [0.05, 0.1) is 0 Å². The average molecular weight is 220 g/mol. The molecule has 0 aromatic heterocycles. The van der Waals surface area contributed by atoms with Gasteiger partial charge in [-0.15, -0.1) is 0 Å². The third-order valence-corrected chi connectivity index (χ3v) is 3.81. The Morgan fingerprint density at radius 2 is 1.86 bits per heavy atom. The smallest absolute Gasteiger partial charge is 0.202 e. The highest BCUT2D eigenvalue weighted by Gasteiger charge is 2.26. The molecule has 1 rings (SSSR count). The molecule has 5 heteroatoms. The van der Waals surface area contributed by atoms with Gasteiger partial charge in [0, 0.05) is 12.6 Å². The van der Waals surface area contributed by atoms with Crippen molar-refractivity contribution < 1.29 is 8.42 Å². The zero-order valence-corrected chi connectivity index (χ0v) is 9.73. The standard InChI is InChI=1S/C9H20N2O2S/c1-3-8(4-2)7-10-14(12,13)11-9-5-6-9/h8-11H,3-7H2,1-2H3. The fourth-order valence-corrected chi connectivity index (χ4v) is 2.48. The first-order valence-electron chi connectivity index (χ1n) is 5.34. The molecule has 0 unspecified atom stereocenters. The van der Waals surface area contributed by atoms with Crippen molar-refractivity contribution >= 4 is 10.2 Å². The van der Waals surface area contributed by atoms with Gasteiger partial charge in [-0.05, 0) is 18.8 Å². The van der Waals surface area contributed by atoms with Crippen molar-refractivity contribution in [2.75, 3.05) is 6.54 Å². The molecule has 1 fully saturated rings. The molecule has 1 aliphatic rings. The number of nitrogens with one attached hydrogen (secondary N) is 2. The van der Waals surface area contributed by atoms with E-state index >= 15 is 0 Å². The molecule has 0 bridgehead atoms. The minimum atomic E-state index is -3.23. The monoisotopic (exact) mass is 220 g/mol. The molecular weight excluding hydrogens is 200 g/mol. The summed E-state index contributed by atoms with van der Waals surface area (Å²) in [6.45, 7) is 4.71. The van der Waals surface area contributed by atoms with E-state index in [9.17, 15) is 8.42 Å². The van der Waals surface area contributed by atoms with E-state index in [-0.39, 0.29) is 6.04 Å². The van der Waals surface area contributed by atoms with E-state index in [4.69, 9.17) is 0 Å². The van der Waals surface area contributed by atoms with Gasteiger partial charge in [-0.2, -0.15) is 13.1 Å². The van der Waals surface area contributed by atoms with Crippen molar-refractivity contribution in [2.45, 2.75) is 45.6 Å². The van der Waals surface area contributed by atoms with Crippen LogP contribution in [0.15, 0.2) is 0 Å². The quantitative estimate of drug-likeness (QED) is 0.672. The lowest BCUT2D eigenvalue weighted by atomic mass is 10.0. The summed E-state index contributed by atoms with van der Waals surface area (Å²) < 4.78 is 28.0. The van der Waals surface area contributed by atoms with Gasteiger partial charge >= 0.3 is 0 Å². The summed E-state index contributed by atoms with van der Waals surface area (Å²) in [6.07, 6.45) is 3.99. The molecule has 2 N–H and O–H groups in total. The van der Waals surface area contributed by atoms with Gasteiger partial charge in [-0.1, -0.05) is 26.7 Å². The maximum atomic E-state index is 11.4. The van der Waals surface area contributed by atoms with Gasteiger partial charge in [-0.25, -0.2) is 4.72 Å². The van der Waals surface area contributed by atoms with Crippen LogP contribution in [0.1, 0.15) is 39.5 Å². The average Bonchev–Trinajstić information content (AvgIpc) is 2.89. The van der Waals surface area contributed by atoms with E-state index in [0.29, 0.717) is 12.5 Å². The summed E-state index contributed by atoms with van der Waals surface area (Å²) in [5, 5.41) is 0. The second-order valence-electron chi connectivity index (χ2n) is 3.93. The van der Waals surface area contributed by atoms with E-state index in [1.54, 1.807) is 0 Å². The lowest BCUT2D eigenvalue weighted by Gasteiger charge is -2.13. The zero-order valence-electron chi connectivity index (χ0n) is 8.91. The summed E-state index contributed by atoms with van der Waals surface area (Å²) in [5.74, 6) is 0.450. The second-order valence-corrected chi connectivity index (χ2v) is 5.46. The van der Waals surface area contributed by atoms with Gasteiger partial charge in [0.2, 0.25) is 0 Å². The largest absolute Gasteiger partial charge is 0.277 e. The molecule has 4 nitrogen and oxygen atoms in total. The van der Waals surface area contributed by atoms with E-state index < -0.39 is 10.2 Å². The first-order chi connectivity index (χ1) is 6.57. The Morgan fingerprint density at radius 1 is 1.29 bits per heavy atom. The Hall–Kier alpha value is -0.130. The molecule has 1 aliphatic carbocycles. The molecule has 0 spiro atoms. The predicted octanol–water partition coefficient (Wildman–Crippen LogP) is 1.01. The summed E-state index contributed by atoms with van der Waals surface area (Å²) in [5.41, 5.74) is 0. The summed E-state index contributed by atoms with van der Waals surface area (Å²) >= 11 is 0. The fourth-order valence-electron chi connectivity index (χ4n) is 1.27. The van der Waals surface area contributed by atoms with E-state index in [2.05, 4.69) is 23.3 Å². The normalized spacial score (nSPS) is 17.6. The van der Waals surface area contributed by atoms with E-state index in [0.717, 1.165) is 25.7 Å². The molecule has 0 aromatic rings. The molecule has 0 radical (unpaired) electrons. The highest BCUT2D eigenvalue weighted by Crippen LogP contribution is 2.19. The van der Waals surface area contributed by atoms with Crippen LogP contribution >= 0.6 is 0 Å². The summed E-state index contributed by atoms with van der Waals surface area (Å²) in [6, 6.07) is 0.189. The summed E-state index contributed by atoms with van der Waals surface area (Å²) in [7, 11) is -3.23. The topological polar surface area (TPSA) is 58.2 Å². The van der Waals surface area contributed by atoms with E-state index in [1.165, 1.54) is 0 Å². The molecule has 0 aliphatic heterocycles. The SMILES string of the molecule is CCC(CC)CNS(=O)(=O)NC1CC1. The van der Waals surface area contributed by atoms with Crippen molar-refractivity contribution in [3.63, 3.8) is 0 Å². The summed E-state index contributed by atoms with van der Waals surface area (Å²) in [4.78, 5) is 0. The van der Waals surface area contributed by atoms with Gasteiger partial charge in [-0.3, -0.25) is 0 Å². The molecular formula is C9H20N2O2S. The van der Waals surface area contributed by atoms with Crippen LogP contribution in [0.3, 0.4) is 0 Å². The molecule has 0 saturated heterocycles. The fraction of sp³-hybridized carbons (Fsp3) is 1.00. The van der Waals surface area contributed by atoms with Crippen molar-refractivity contribution in [1.82, 2.24) is 9.44 Å². The van der Waals surface area contributed by atoms with E-state index in [1.807, 2.05) is 0 Å². The highest BCUT2D eigenvalue weighted by atomic mass is 32.2. The van der Waals surface area contributed by atoms with Crippen molar-refractivity contribution in [2.24, 2.45) is 5.92 Å². The third-order valence-electron chi connectivity index (χ3n) is 2.62. The second kappa shape index (κ2) is 5.09. The highest BCUT2D eigenvalue weighted by molar-refractivity contribution is 7.87. The van der Waals surface area contributed by atoms with Gasteiger partial charge in [0.15, 0.2) is 0 Å². The van der Waals surface area contributed by atoms with Crippen LogP contribution < -0.4 is 9.44 Å². The predicted molar refractivity (Wildman–Crippen MR) is 57.2 cm³/mol. The first kappa shape index (κ1) is 11.9. The van der Waals surface area contributed by atoms with Gasteiger partial charge < -0.3 is 0 Å². The molecule has 0 aromatic carbocycles. The number of rotatable bonds is 7. The van der Waals surface area contributed by atoms with Crippen LogP contribution in [0.25, 0.3) is 0 Å². The Balaban J connectivity index is 2.27. The van der Waals surface area contributed by atoms with Crippen molar-refractivity contribution in [3.8, 4) is 0 Å². The van der Waals surface area contributed by atoms with Crippen LogP contribution in [0.2, 0.25) is 0 Å². The molecule has 0 heterocycles. The minimum absolute atomic E-state index is 0.189. The van der Waals surface area contributed by atoms with Gasteiger partial charge in [0.1, 0.15) is 0 Å². The third kappa shape index (κ3) is 4.39. The molecule has 1 saturated carbocycles. The van der Waals surface area contributed by atoms with Crippen LogP contribution in [0.5, 0.6) is 0 Å².